The summed E-state index contributed by atoms with van der Waals surface area (Å²) >= 11 is 0. The number of hydrogen-bond acceptors (Lipinski definition) is 8. The molecule has 6 N–H and O–H groups in total. The number of rotatable bonds is 18. The van der Waals surface area contributed by atoms with E-state index < -0.39 is 98.9 Å². The third-order valence-corrected chi connectivity index (χ3v) is 9.38. The van der Waals surface area contributed by atoms with Gasteiger partial charge in [-0.05, 0) is 54.1 Å². The number of amides is 2. The number of ether oxygens (including phenoxy) is 1. The molecular weight excluding hydrogens is 659 g/mol. The smallest absolute Gasteiger partial charge is 0.453 e. The van der Waals surface area contributed by atoms with Gasteiger partial charge in [-0.3, -0.25) is 9.32 Å². The number of nitrogens with one attached hydrogen (secondary N) is 2. The number of carbonyl (C=O) groups is 2. The maximum atomic E-state index is 14.2. The molecule has 2 amide bonds. The molecule has 0 aliphatic carbocycles. The average molecular weight is 716 g/mol. The van der Waals surface area contributed by atoms with Gasteiger partial charge in [0, 0.05) is 41.7 Å². The predicted octanol–water partition coefficient (Wildman–Crippen LogP) is 4.24. The molecule has 3 rings (SSSR count). The molecule has 0 aliphatic rings. The number of unbranched alkanes of at least 4 members (excludes halogenated alkanes) is 1. The van der Waals surface area contributed by atoms with Crippen LogP contribution in [0.1, 0.15) is 65.1 Å². The second-order valence-corrected chi connectivity index (χ2v) is 13.6. The van der Waals surface area contributed by atoms with E-state index in [-0.39, 0.29) is 29.4 Å². The lowest BCUT2D eigenvalue weighted by atomic mass is 9.84. The number of hydrogen-bond donors (Lipinski definition) is 5. The first-order valence-corrected chi connectivity index (χ1v) is 17.5. The van der Waals surface area contributed by atoms with Crippen LogP contribution in [0.25, 0.3) is 0 Å². The topological polar surface area (TPSA) is 198 Å². The van der Waals surface area contributed by atoms with Crippen LogP contribution in [-0.4, -0.2) is 73.3 Å². The molecule has 3 aromatic carbocycles. The van der Waals surface area contributed by atoms with Gasteiger partial charge in [-0.2, -0.15) is 4.31 Å². The van der Waals surface area contributed by atoms with Crippen molar-refractivity contribution in [2.75, 3.05) is 32.4 Å². The summed E-state index contributed by atoms with van der Waals surface area (Å²) in [6.45, 7) is -12.0. The number of nitrogens with two attached hydrogens (primary N) is 1. The maximum Gasteiger partial charge on any atom is 0.469 e. The van der Waals surface area contributed by atoms with Crippen LogP contribution >= 0.6 is 7.82 Å². The number of sulfonamides is 1. The van der Waals surface area contributed by atoms with Crippen molar-refractivity contribution in [1.82, 2.24) is 14.9 Å². The number of nitrogens with zero attached hydrogens (tertiary/aromatic N) is 1. The van der Waals surface area contributed by atoms with Gasteiger partial charge in [0.1, 0.15) is 6.04 Å². The first-order valence-electron chi connectivity index (χ1n) is 20.1. The first-order chi connectivity index (χ1) is 27.1. The van der Waals surface area contributed by atoms with Gasteiger partial charge in [0.05, 0.1) is 22.7 Å². The molecule has 0 aliphatic heterocycles. The van der Waals surface area contributed by atoms with Crippen molar-refractivity contribution < 1.29 is 56.7 Å². The molecule has 15 heteroatoms. The Balaban J connectivity index is 1.99. The Morgan fingerprint density at radius 3 is 2.15 bits per heavy atom. The van der Waals surface area contributed by atoms with Crippen LogP contribution in [0, 0.1) is 5.89 Å². The van der Waals surface area contributed by atoms with Gasteiger partial charge < -0.3 is 30.9 Å². The Hall–Kier alpha value is -3.78. The number of carbonyl (C=O) groups excluding carboxylic acids is 2. The summed E-state index contributed by atoms with van der Waals surface area (Å²) in [5, 5.41) is 4.94. The minimum Gasteiger partial charge on any atom is -0.453 e. The van der Waals surface area contributed by atoms with Crippen molar-refractivity contribution >= 4 is 35.5 Å². The standard InChI is InChI=1S/C33H45N4O9PS/c1-24(2)22-37(48(43,44)29-19-17-27(34)18-20-29)28(23-46-47(40,41)42)16-10-11-21-35-32(38)31(36-33(39)45-3)30(25-12-6-4-7-13-25)26-14-8-5-9-15-26/h4-9,12-15,17-20,24,28,30-31H,10-11,16,21-23,34H2,1-3H3,(H,35,38)(H,36,39)(H2,40,41,42)/t28-,31-/m0/s1/i1D3,2D3,3D3,22D,24D/t22?,28-,31-. The van der Waals surface area contributed by atoms with E-state index in [2.05, 4.69) is 19.9 Å². The minimum absolute atomic E-state index is 0.0606. The van der Waals surface area contributed by atoms with Crippen LogP contribution in [0.4, 0.5) is 10.5 Å². The predicted molar refractivity (Wildman–Crippen MR) is 182 cm³/mol. The molecule has 13 nitrogen and oxygen atoms in total. The number of methoxy groups -OCH3 is 1. The van der Waals surface area contributed by atoms with Crippen LogP contribution in [0.2, 0.25) is 0 Å². The lowest BCUT2D eigenvalue weighted by molar-refractivity contribution is -0.123. The van der Waals surface area contributed by atoms with E-state index in [0.29, 0.717) is 11.1 Å². The van der Waals surface area contributed by atoms with Gasteiger partial charge in [-0.25, -0.2) is 17.8 Å². The average Bonchev–Trinajstić information content (AvgIpc) is 3.11. The Morgan fingerprint density at radius 2 is 1.60 bits per heavy atom. The maximum absolute atomic E-state index is 14.2. The highest BCUT2D eigenvalue weighted by Crippen LogP contribution is 2.37. The molecule has 0 spiro atoms. The first kappa shape index (κ1) is 25.2. The fourth-order valence-corrected chi connectivity index (χ4v) is 6.80. The van der Waals surface area contributed by atoms with Gasteiger partial charge in [0.25, 0.3) is 0 Å². The van der Waals surface area contributed by atoms with E-state index >= 15 is 0 Å². The normalized spacial score (nSPS) is 18.4. The number of nitrogen functional groups attached to an aromatic ring is 1. The van der Waals surface area contributed by atoms with Crippen LogP contribution in [0.3, 0.4) is 0 Å². The monoisotopic (exact) mass is 715 g/mol. The lowest BCUT2D eigenvalue weighted by Crippen LogP contribution is -2.50. The summed E-state index contributed by atoms with van der Waals surface area (Å²) in [6, 6.07) is 17.8. The molecule has 0 radical (unpaired) electrons. The van der Waals surface area contributed by atoms with Gasteiger partial charge >= 0.3 is 13.9 Å². The number of anilines is 1. The summed E-state index contributed by atoms with van der Waals surface area (Å²) in [7, 11) is -13.7. The van der Waals surface area contributed by atoms with Gasteiger partial charge in [-0.15, -0.1) is 0 Å². The van der Waals surface area contributed by atoms with E-state index in [9.17, 15) is 32.4 Å². The molecule has 0 heterocycles. The molecule has 0 fully saturated rings. The summed E-state index contributed by atoms with van der Waals surface area (Å²) in [5.74, 6) is -5.52. The zero-order valence-corrected chi connectivity index (χ0v) is 27.3. The zero-order valence-electron chi connectivity index (χ0n) is 36.6. The number of alkyl carbamates (subject to hydrolysis) is 1. The molecule has 1 unspecified atom stereocenters. The Kier molecular flexibility index (Phi) is 9.52. The SMILES string of the molecule is [2H]C(N([C@@H](CCCCNC(=O)[C@@H](NC(=O)OC([2H])([2H])[2H])C(c1ccccc1)c1ccccc1)COP(=O)(O)O)S(=O)(=O)c1ccc(N)cc1)C([2H])(C([2H])([2H])[2H])C([2H])([2H])[2H]. The summed E-state index contributed by atoms with van der Waals surface area (Å²) in [4.78, 5) is 45.1. The number of phosphoric acid groups is 1. The zero-order chi connectivity index (χ0) is 44.6. The van der Waals surface area contributed by atoms with Gasteiger partial charge in [0.15, 0.2) is 0 Å². The second-order valence-electron chi connectivity index (χ2n) is 10.5. The van der Waals surface area contributed by atoms with Crippen LogP contribution in [0.15, 0.2) is 89.8 Å². The van der Waals surface area contributed by atoms with Crippen molar-refractivity contribution in [3.63, 3.8) is 0 Å². The molecule has 3 atom stereocenters. The molecule has 3 aromatic rings. The lowest BCUT2D eigenvalue weighted by Gasteiger charge is -2.32. The minimum atomic E-state index is -5.39. The Labute approximate surface area is 297 Å². The highest BCUT2D eigenvalue weighted by atomic mass is 32.2. The van der Waals surface area contributed by atoms with E-state index in [1.54, 1.807) is 60.7 Å². The molecule has 0 saturated carbocycles. The third kappa shape index (κ3) is 11.7. The van der Waals surface area contributed by atoms with Gasteiger partial charge in [0.2, 0.25) is 15.9 Å². The quantitative estimate of drug-likeness (QED) is 0.0722. The van der Waals surface area contributed by atoms with E-state index in [1.165, 1.54) is 0 Å². The molecule has 0 saturated heterocycles. The van der Waals surface area contributed by atoms with Crippen molar-refractivity contribution in [3.8, 4) is 0 Å². The van der Waals surface area contributed by atoms with E-state index in [4.69, 9.17) is 20.8 Å². The Bertz CT molecular complexity index is 1950. The fourth-order valence-electron chi connectivity index (χ4n) is 4.91. The van der Waals surface area contributed by atoms with Crippen molar-refractivity contribution in [1.29, 1.82) is 0 Å². The molecule has 48 heavy (non-hydrogen) atoms. The van der Waals surface area contributed by atoms with Crippen LogP contribution < -0.4 is 16.4 Å². The largest absolute Gasteiger partial charge is 0.469 e. The number of benzene rings is 3. The number of phosphoric ester groups is 1. The molecular formula is C33H45N4O9PS. The van der Waals surface area contributed by atoms with E-state index in [0.717, 1.165) is 24.3 Å². The summed E-state index contributed by atoms with van der Waals surface area (Å²) in [6.07, 6.45) is -2.15. The summed E-state index contributed by atoms with van der Waals surface area (Å²) < 4.78 is 136. The third-order valence-electron chi connectivity index (χ3n) is 7.07. The van der Waals surface area contributed by atoms with Crippen molar-refractivity contribution in [3.05, 3.63) is 96.1 Å². The molecule has 0 aromatic heterocycles. The fraction of sp³-hybridized carbons (Fsp3) is 0.394. The second kappa shape index (κ2) is 18.1. The van der Waals surface area contributed by atoms with Crippen LogP contribution in [-0.2, 0) is 28.6 Å². The van der Waals surface area contributed by atoms with Gasteiger partial charge in [-0.1, -0.05) is 80.8 Å². The molecule has 0 bridgehead atoms. The highest BCUT2D eigenvalue weighted by molar-refractivity contribution is 7.89. The Morgan fingerprint density at radius 1 is 1.00 bits per heavy atom. The van der Waals surface area contributed by atoms with Crippen molar-refractivity contribution in [2.24, 2.45) is 5.89 Å². The highest BCUT2D eigenvalue weighted by Gasteiger charge is 2.35. The van der Waals surface area contributed by atoms with Crippen molar-refractivity contribution in [2.45, 2.75) is 55.9 Å². The molecule has 262 valence electrons. The van der Waals surface area contributed by atoms with E-state index in [1.807, 2.05) is 0 Å². The summed E-state index contributed by atoms with van der Waals surface area (Å²) in [5.41, 5.74) is 6.88. The van der Waals surface area contributed by atoms with Crippen LogP contribution in [0.5, 0.6) is 0 Å².